The third-order valence-corrected chi connectivity index (χ3v) is 27.6. The van der Waals surface area contributed by atoms with Crippen molar-refractivity contribution in [1.82, 2.24) is 5.48 Å². The Labute approximate surface area is 783 Å². The number of ether oxygens (including phenoxy) is 9. The predicted molar refractivity (Wildman–Crippen MR) is 498 cm³/mol. The van der Waals surface area contributed by atoms with Gasteiger partial charge in [0.05, 0.1) is 90.3 Å². The van der Waals surface area contributed by atoms with Gasteiger partial charge >= 0.3 is 17.9 Å². The number of methoxy groups -OCH3 is 2. The zero-order chi connectivity index (χ0) is 94.2. The number of esters is 2. The average molecular weight is 2040 g/mol. The first kappa shape index (κ1) is 104. The molecule has 2 aliphatic heterocycles. The Morgan fingerprint density at radius 1 is 0.377 bits per heavy atom. The van der Waals surface area contributed by atoms with Crippen LogP contribution in [0.1, 0.15) is 47.9 Å². The number of hydrogen-bond donors (Lipinski definition) is 4. The third kappa shape index (κ3) is 29.5. The molecule has 0 atom stereocenters. The van der Waals surface area contributed by atoms with Crippen LogP contribution in [-0.4, -0.2) is 149 Å². The summed E-state index contributed by atoms with van der Waals surface area (Å²) in [7, 11) is -4.49. The maximum atomic E-state index is 13.6. The average Bonchev–Trinajstić information content (AvgIpc) is 0.739. The molecule has 14 rings (SSSR count). The number of carboxylic acid groups (broad SMARTS) is 1. The van der Waals surface area contributed by atoms with Crippen LogP contribution in [0.5, 0.6) is 46.0 Å². The number of aliphatic hydroxyl groups is 1. The number of carbonyl (C=O) groups is 4. The summed E-state index contributed by atoms with van der Waals surface area (Å²) in [5, 5.41) is 27.2. The van der Waals surface area contributed by atoms with Gasteiger partial charge in [-0.05, 0) is 218 Å². The molecule has 2 fully saturated rings. The molecule has 0 bridgehead atoms. The molecule has 2 heterocycles. The molecule has 2 aliphatic rings. The summed E-state index contributed by atoms with van der Waals surface area (Å²) in [6.45, 7) is 2.90. The minimum absolute atomic E-state index is 0.000808. The number of nitrogens with one attached hydrogen (secondary N) is 1. The van der Waals surface area contributed by atoms with Crippen molar-refractivity contribution in [3.05, 3.63) is 338 Å². The lowest BCUT2D eigenvalue weighted by molar-refractivity contribution is -0.151. The van der Waals surface area contributed by atoms with Crippen molar-refractivity contribution >= 4 is 126 Å². The van der Waals surface area contributed by atoms with Crippen molar-refractivity contribution in [3.8, 4) is 46.0 Å². The summed E-state index contributed by atoms with van der Waals surface area (Å²) in [6.07, 6.45) is 0.767. The van der Waals surface area contributed by atoms with Crippen LogP contribution in [0.15, 0.2) is 355 Å². The Morgan fingerprint density at radius 3 is 0.915 bits per heavy atom. The molecule has 0 unspecified atom stereocenters. The standard InChI is InChI=1S/C25H24O6S.C24H23NO6S.C21H18O5S.C20H16O5S.C4H8Br2O.CH4O.Cl2OS/c1-29-24(26)25(15-17-30-18-16-25)22-9-5-6-10-23(22)32(27,28)21-13-11-20(12-14-21)31-19-7-3-2-4-8-19;26-23(25-27)24(14-16-30-17-15-24)21-8-4-5-9-22(21)32(28,29)20-12-10-19(11-13-20)31-18-6-2-1-3-7-18;1-25-21(22)15-16-7-5-6-10-20(16)27(23,24)19-13-11-18(12-14-19)26-17-8-3-2-4-9-17;21-20(22)14-15-6-4-5-9-19(15)26(23,24)18-12-10-17(11-13-18)25-16-7-2-1-3-8-16;5-1-3-7-4-2-6;1-2;1-4(2)3/h2-14H,15-18H2,1H3;1-13,27H,14-17H2,(H,25,26);2-14H,15H2,1H3;1-13H,14H2,(H,21,22);1-4H2;2H,1H3;. The lowest BCUT2D eigenvalue weighted by Crippen LogP contribution is -2.47. The van der Waals surface area contributed by atoms with Crippen molar-refractivity contribution < 1.29 is 115 Å². The number of hydroxylamine groups is 1. The zero-order valence-electron chi connectivity index (χ0n) is 70.3. The summed E-state index contributed by atoms with van der Waals surface area (Å²) >= 11 is 6.48. The van der Waals surface area contributed by atoms with Gasteiger partial charge in [0.2, 0.25) is 48.6 Å². The molecule has 2 saturated heterocycles. The van der Waals surface area contributed by atoms with E-state index in [0.717, 1.165) is 31.0 Å². The van der Waals surface area contributed by atoms with Crippen molar-refractivity contribution in [3.63, 3.8) is 0 Å². The number of hydrogen-bond acceptors (Lipinski definition) is 24. The molecule has 12 aromatic rings. The summed E-state index contributed by atoms with van der Waals surface area (Å²) in [6, 6.07) is 87.0. The van der Waals surface area contributed by atoms with Gasteiger partial charge in [-0.15, -0.1) is 0 Å². The van der Waals surface area contributed by atoms with E-state index in [9.17, 15) is 58.1 Å². The first-order chi connectivity index (χ1) is 62.6. The Kier molecular flexibility index (Phi) is 41.9. The van der Waals surface area contributed by atoms with Crippen LogP contribution in [0.3, 0.4) is 0 Å². The molecule has 686 valence electrons. The minimum atomic E-state index is -3.95. The highest BCUT2D eigenvalue weighted by molar-refractivity contribution is 9.09. The van der Waals surface area contributed by atoms with E-state index in [4.69, 9.17) is 52.3 Å². The zero-order valence-corrected chi connectivity index (χ0v) is 79.1. The SMILES string of the molecule is BrCCOCCBr.CO.COC(=O)C1(c2ccccc2S(=O)(=O)c2ccc(Oc3ccccc3)cc2)CCOCC1.COC(=O)Cc1ccccc1S(=O)(=O)c1ccc(Oc2ccccc2)cc1.O=C(NO)C1(c2ccccc2S(=O)(=O)c2ccc(Oc3ccccc3)cc2)CCOCC1.O=C(O)Cc1ccccc1S(=O)(=O)c1ccc(Oc2ccccc2)cc1.O=S(Cl)Cl. The van der Waals surface area contributed by atoms with Gasteiger partial charge in [-0.25, -0.2) is 43.4 Å². The molecule has 0 aromatic heterocycles. The van der Waals surface area contributed by atoms with Crippen molar-refractivity contribution in [2.45, 2.75) is 88.5 Å². The molecule has 130 heavy (non-hydrogen) atoms. The molecule has 0 saturated carbocycles. The number of amides is 1. The molecule has 4 N–H and O–H groups in total. The van der Waals surface area contributed by atoms with Crippen LogP contribution < -0.4 is 24.4 Å². The van der Waals surface area contributed by atoms with E-state index in [1.165, 1.54) is 87.0 Å². The molecule has 12 aromatic carbocycles. The number of carbonyl (C=O) groups excluding carboxylic acids is 3. The Balaban J connectivity index is 0.000000205. The molecule has 0 aliphatic carbocycles. The summed E-state index contributed by atoms with van der Waals surface area (Å²) in [5.74, 6) is 2.01. The van der Waals surface area contributed by atoms with Gasteiger partial charge in [0.25, 0.3) is 5.91 Å². The van der Waals surface area contributed by atoms with Crippen LogP contribution in [0.2, 0.25) is 0 Å². The fourth-order valence-corrected chi connectivity index (χ4v) is 19.9. The number of rotatable bonds is 28. The van der Waals surface area contributed by atoms with Gasteiger partial charge in [-0.1, -0.05) is 177 Å². The number of alkyl halides is 2. The van der Waals surface area contributed by atoms with E-state index in [1.807, 2.05) is 97.1 Å². The van der Waals surface area contributed by atoms with Gasteiger partial charge < -0.3 is 52.8 Å². The molecular weight excluding hydrogens is 1950 g/mol. The second-order valence-electron chi connectivity index (χ2n) is 27.6. The van der Waals surface area contributed by atoms with Gasteiger partial charge in [-0.3, -0.25) is 24.4 Å². The van der Waals surface area contributed by atoms with Crippen molar-refractivity contribution in [1.29, 1.82) is 0 Å². The van der Waals surface area contributed by atoms with E-state index in [1.54, 1.807) is 151 Å². The normalized spacial score (nSPS) is 13.0. The molecule has 0 radical (unpaired) electrons. The van der Waals surface area contributed by atoms with Gasteiger partial charge in [0.15, 0.2) is 0 Å². The lowest BCUT2D eigenvalue weighted by Gasteiger charge is -2.36. The highest BCUT2D eigenvalue weighted by atomic mass is 79.9. The van der Waals surface area contributed by atoms with Crippen LogP contribution in [-0.2, 0) is 115 Å². The highest BCUT2D eigenvalue weighted by Gasteiger charge is 2.47. The Morgan fingerprint density at radius 2 is 0.631 bits per heavy atom. The van der Waals surface area contributed by atoms with Crippen molar-refractivity contribution in [2.75, 3.05) is 71.6 Å². The minimum Gasteiger partial charge on any atom is -0.481 e. The van der Waals surface area contributed by atoms with Crippen LogP contribution in [0, 0.1) is 0 Å². The summed E-state index contributed by atoms with van der Waals surface area (Å²) in [4.78, 5) is 48.7. The van der Waals surface area contributed by atoms with Crippen LogP contribution >= 0.6 is 53.2 Å². The number of benzene rings is 12. The second-order valence-corrected chi connectivity index (χ2v) is 39.4. The van der Waals surface area contributed by atoms with Gasteiger partial charge in [0.1, 0.15) is 46.0 Å². The fraction of sp³-hybridized carbons (Fsp3) is 0.200. The van der Waals surface area contributed by atoms with Gasteiger partial charge in [0, 0.05) is 65.6 Å². The topological polar surface area (TPSA) is 378 Å². The van der Waals surface area contributed by atoms with E-state index >= 15 is 0 Å². The summed E-state index contributed by atoms with van der Waals surface area (Å²) in [5.41, 5.74) is 0.896. The molecule has 0 spiro atoms. The maximum Gasteiger partial charge on any atom is 0.316 e. The number of sulfone groups is 4. The monoisotopic (exact) mass is 2040 g/mol. The van der Waals surface area contributed by atoms with Crippen molar-refractivity contribution in [2.24, 2.45) is 0 Å². The number of aliphatic carboxylic acids is 1. The first-order valence-corrected chi connectivity index (χ1v) is 50.6. The smallest absolute Gasteiger partial charge is 0.316 e. The molecule has 1 amide bonds. The Hall–Kier alpha value is -11.0. The molecule has 26 nitrogen and oxygen atoms in total. The molecule has 35 heteroatoms. The lowest BCUT2D eigenvalue weighted by atomic mass is 9.73. The van der Waals surface area contributed by atoms with E-state index < -0.39 is 83.2 Å². The number of halogens is 4. The number of carboxylic acids is 1. The second kappa shape index (κ2) is 52.2. The largest absolute Gasteiger partial charge is 0.481 e. The number of aliphatic hydroxyl groups excluding tert-OH is 1. The van der Waals surface area contributed by atoms with Crippen LogP contribution in [0.4, 0.5) is 0 Å². The molecular formula is C95H93Br2Cl2NO25S5. The number of para-hydroxylation sites is 4. The van der Waals surface area contributed by atoms with E-state index in [-0.39, 0.29) is 83.6 Å². The van der Waals surface area contributed by atoms with E-state index in [2.05, 4.69) is 58.0 Å². The first-order valence-electron chi connectivity index (χ1n) is 39.6. The van der Waals surface area contributed by atoms with Gasteiger partial charge in [-0.2, -0.15) is 0 Å². The Bertz CT molecular complexity index is 5920. The highest BCUT2D eigenvalue weighted by Crippen LogP contribution is 2.44. The van der Waals surface area contributed by atoms with Crippen LogP contribution in [0.25, 0.3) is 0 Å². The summed E-state index contributed by atoms with van der Waals surface area (Å²) < 4.78 is 164. The fourth-order valence-electron chi connectivity index (χ4n) is 13.3. The quantitative estimate of drug-likeness (QED) is 0.00883. The maximum absolute atomic E-state index is 13.6. The van der Waals surface area contributed by atoms with E-state index in [0.29, 0.717) is 88.7 Å². The predicted octanol–water partition coefficient (Wildman–Crippen LogP) is 18.8. The third-order valence-electron chi connectivity index (χ3n) is 19.5.